The van der Waals surface area contributed by atoms with E-state index in [1.54, 1.807) is 0 Å². The van der Waals surface area contributed by atoms with Crippen LogP contribution < -0.4 is 0 Å². The highest BCUT2D eigenvalue weighted by Gasteiger charge is 2.03. The molecule has 0 amide bonds. The summed E-state index contributed by atoms with van der Waals surface area (Å²) in [7, 11) is 2.78. The minimum absolute atomic E-state index is 0.869. The van der Waals surface area contributed by atoms with Crippen molar-refractivity contribution in [3.63, 3.8) is 0 Å². The molecule has 2 atom stereocenters. The Hall–Kier alpha value is 0.780. The second-order valence-corrected chi connectivity index (χ2v) is 3.71. The average molecular weight is 178 g/mol. The number of thiol groups is 1. The quantitative estimate of drug-likeness (QED) is 0.469. The molecule has 0 aliphatic heterocycles. The molecule has 0 spiro atoms. The van der Waals surface area contributed by atoms with Crippen molar-refractivity contribution in [3.05, 3.63) is 0 Å². The summed E-state index contributed by atoms with van der Waals surface area (Å²) in [6.07, 6.45) is 6.61. The van der Waals surface area contributed by atoms with Crippen LogP contribution in [0.1, 0.15) is 32.6 Å². The van der Waals surface area contributed by atoms with Crippen LogP contribution in [-0.2, 0) is 0 Å². The van der Waals surface area contributed by atoms with E-state index < -0.39 is 0 Å². The fourth-order valence-electron chi connectivity index (χ4n) is 1.14. The van der Waals surface area contributed by atoms with Gasteiger partial charge in [0.2, 0.25) is 0 Å². The van der Waals surface area contributed by atoms with Crippen LogP contribution in [0.5, 0.6) is 0 Å². The first-order chi connectivity index (χ1) is 4.85. The molecule has 0 aliphatic carbocycles. The van der Waals surface area contributed by atoms with E-state index >= 15 is 0 Å². The molecule has 0 N–H and O–H groups in total. The highest BCUT2D eigenvalue weighted by Crippen LogP contribution is 2.15. The largest absolute Gasteiger partial charge is 0.179 e. The van der Waals surface area contributed by atoms with Gasteiger partial charge in [0.1, 0.15) is 0 Å². The van der Waals surface area contributed by atoms with Crippen molar-refractivity contribution in [3.8, 4) is 0 Å². The molecular formula is C8H19PS. The van der Waals surface area contributed by atoms with E-state index in [0.717, 1.165) is 11.7 Å². The van der Waals surface area contributed by atoms with Crippen LogP contribution in [0.4, 0.5) is 0 Å². The SMILES string of the molecule is CCCC(CS)CCCP. The topological polar surface area (TPSA) is 0 Å². The fraction of sp³-hybridized carbons (Fsp3) is 1.00. The lowest BCUT2D eigenvalue weighted by molar-refractivity contribution is 0.491. The molecule has 0 aromatic carbocycles. The van der Waals surface area contributed by atoms with E-state index in [1.807, 2.05) is 0 Å². The van der Waals surface area contributed by atoms with Crippen LogP contribution in [0, 0.1) is 5.92 Å². The summed E-state index contributed by atoms with van der Waals surface area (Å²) in [6.45, 7) is 2.25. The van der Waals surface area contributed by atoms with Gasteiger partial charge in [0.25, 0.3) is 0 Å². The van der Waals surface area contributed by atoms with Gasteiger partial charge in [-0.15, -0.1) is 9.24 Å². The second kappa shape index (κ2) is 7.88. The minimum atomic E-state index is 0.869. The summed E-state index contributed by atoms with van der Waals surface area (Å²) in [6, 6.07) is 0. The maximum atomic E-state index is 4.32. The molecule has 0 fully saturated rings. The minimum Gasteiger partial charge on any atom is -0.179 e. The molecule has 0 nitrogen and oxygen atoms in total. The summed E-state index contributed by atoms with van der Waals surface area (Å²) in [5.41, 5.74) is 0. The molecule has 0 radical (unpaired) electrons. The summed E-state index contributed by atoms with van der Waals surface area (Å²) >= 11 is 4.32. The molecule has 0 aromatic rings. The van der Waals surface area contributed by atoms with Gasteiger partial charge in [-0.05, 0) is 37.1 Å². The molecule has 0 saturated heterocycles. The van der Waals surface area contributed by atoms with Crippen molar-refractivity contribution in [2.75, 3.05) is 11.9 Å². The maximum absolute atomic E-state index is 4.32. The van der Waals surface area contributed by atoms with Gasteiger partial charge in [-0.1, -0.05) is 13.3 Å². The predicted octanol–water partition coefficient (Wildman–Crippen LogP) is 2.99. The van der Waals surface area contributed by atoms with Gasteiger partial charge in [0.15, 0.2) is 0 Å². The first-order valence-electron chi connectivity index (χ1n) is 4.16. The Bertz CT molecular complexity index is 66.3. The van der Waals surface area contributed by atoms with Gasteiger partial charge in [-0.3, -0.25) is 0 Å². The molecule has 2 unspecified atom stereocenters. The molecule has 2 heteroatoms. The lowest BCUT2D eigenvalue weighted by Crippen LogP contribution is -2.01. The van der Waals surface area contributed by atoms with E-state index in [4.69, 9.17) is 0 Å². The Morgan fingerprint density at radius 2 is 2.10 bits per heavy atom. The summed E-state index contributed by atoms with van der Waals surface area (Å²) in [5.74, 6) is 1.94. The summed E-state index contributed by atoms with van der Waals surface area (Å²) in [5, 5.41) is 0. The van der Waals surface area contributed by atoms with E-state index in [-0.39, 0.29) is 0 Å². The van der Waals surface area contributed by atoms with E-state index in [0.29, 0.717) is 0 Å². The van der Waals surface area contributed by atoms with Gasteiger partial charge in [0, 0.05) is 0 Å². The van der Waals surface area contributed by atoms with Gasteiger partial charge < -0.3 is 0 Å². The first kappa shape index (κ1) is 10.8. The molecule has 0 saturated carbocycles. The van der Waals surface area contributed by atoms with Crippen LogP contribution in [0.2, 0.25) is 0 Å². The highest BCUT2D eigenvalue weighted by atomic mass is 32.1. The van der Waals surface area contributed by atoms with Crippen molar-refractivity contribution in [1.29, 1.82) is 0 Å². The standard InChI is InChI=1S/C8H19PS/c1-2-4-8(7-10)5-3-6-9/h8,10H,2-7,9H2,1H3. The van der Waals surface area contributed by atoms with Crippen LogP contribution >= 0.6 is 21.9 Å². The second-order valence-electron chi connectivity index (χ2n) is 2.77. The van der Waals surface area contributed by atoms with E-state index in [1.165, 1.54) is 31.8 Å². The Labute approximate surface area is 72.8 Å². The van der Waals surface area contributed by atoms with Gasteiger partial charge in [-0.25, -0.2) is 0 Å². The molecule has 0 rings (SSSR count). The third-order valence-electron chi connectivity index (χ3n) is 1.77. The van der Waals surface area contributed by atoms with Crippen molar-refractivity contribution < 1.29 is 0 Å². The lowest BCUT2D eigenvalue weighted by atomic mass is 10.0. The number of hydrogen-bond donors (Lipinski definition) is 1. The monoisotopic (exact) mass is 178 g/mol. The third-order valence-corrected chi connectivity index (χ3v) is 2.70. The normalized spacial score (nSPS) is 13.5. The third kappa shape index (κ3) is 5.56. The van der Waals surface area contributed by atoms with Gasteiger partial charge in [0.05, 0.1) is 0 Å². The Kier molecular flexibility index (Phi) is 8.50. The zero-order chi connectivity index (χ0) is 7.82. The van der Waals surface area contributed by atoms with Crippen LogP contribution in [0.3, 0.4) is 0 Å². The predicted molar refractivity (Wildman–Crippen MR) is 56.1 cm³/mol. The zero-order valence-electron chi connectivity index (χ0n) is 6.84. The molecular weight excluding hydrogens is 159 g/mol. The van der Waals surface area contributed by atoms with Gasteiger partial charge in [-0.2, -0.15) is 12.6 Å². The zero-order valence-corrected chi connectivity index (χ0v) is 8.89. The Balaban J connectivity index is 3.21. The van der Waals surface area contributed by atoms with E-state index in [2.05, 4.69) is 28.8 Å². The van der Waals surface area contributed by atoms with Crippen molar-refractivity contribution >= 4 is 21.9 Å². The Morgan fingerprint density at radius 1 is 1.40 bits per heavy atom. The van der Waals surface area contributed by atoms with Crippen LogP contribution in [-0.4, -0.2) is 11.9 Å². The number of hydrogen-bond acceptors (Lipinski definition) is 1. The molecule has 62 valence electrons. The number of rotatable bonds is 6. The average Bonchev–Trinajstić information content (AvgIpc) is 1.98. The molecule has 0 heterocycles. The van der Waals surface area contributed by atoms with Crippen LogP contribution in [0.15, 0.2) is 0 Å². The van der Waals surface area contributed by atoms with Gasteiger partial charge >= 0.3 is 0 Å². The summed E-state index contributed by atoms with van der Waals surface area (Å²) in [4.78, 5) is 0. The van der Waals surface area contributed by atoms with E-state index in [9.17, 15) is 0 Å². The fourth-order valence-corrected chi connectivity index (χ4v) is 1.74. The molecule has 0 aromatic heterocycles. The maximum Gasteiger partial charge on any atom is -0.00695 e. The Morgan fingerprint density at radius 3 is 2.50 bits per heavy atom. The molecule has 0 aliphatic rings. The molecule has 0 bridgehead atoms. The first-order valence-corrected chi connectivity index (χ1v) is 5.61. The van der Waals surface area contributed by atoms with Crippen molar-refractivity contribution in [2.24, 2.45) is 5.92 Å². The van der Waals surface area contributed by atoms with Crippen LogP contribution in [0.25, 0.3) is 0 Å². The summed E-state index contributed by atoms with van der Waals surface area (Å²) < 4.78 is 0. The lowest BCUT2D eigenvalue weighted by Gasteiger charge is -2.11. The molecule has 10 heavy (non-hydrogen) atoms. The van der Waals surface area contributed by atoms with Crippen molar-refractivity contribution in [1.82, 2.24) is 0 Å². The smallest absolute Gasteiger partial charge is 0.00695 e. The van der Waals surface area contributed by atoms with Crippen molar-refractivity contribution in [2.45, 2.75) is 32.6 Å². The highest BCUT2D eigenvalue weighted by molar-refractivity contribution is 7.80.